The normalized spacial score (nSPS) is 21.1. The molecule has 1 unspecified atom stereocenters. The fourth-order valence-corrected chi connectivity index (χ4v) is 2.55. The third-order valence-electron chi connectivity index (χ3n) is 3.81. The number of rotatable bonds is 2. The first kappa shape index (κ1) is 13.3. The molecule has 0 aromatic carbocycles. The summed E-state index contributed by atoms with van der Waals surface area (Å²) in [6.45, 7) is 8.46. The van der Waals surface area contributed by atoms with Gasteiger partial charge in [0.15, 0.2) is 0 Å². The van der Waals surface area contributed by atoms with Crippen LogP contribution < -0.4 is 10.6 Å². The van der Waals surface area contributed by atoms with E-state index in [0.29, 0.717) is 6.04 Å². The Labute approximate surface area is 110 Å². The maximum absolute atomic E-state index is 5.86. The van der Waals surface area contributed by atoms with E-state index in [9.17, 15) is 0 Å². The fraction of sp³-hybridized carbons (Fsp3) is 0.667. The number of nitrogens with zero attached hydrogens (tertiary/aromatic N) is 2. The number of aromatic nitrogens is 1. The quantitative estimate of drug-likeness (QED) is 0.873. The Morgan fingerprint density at radius 1 is 1.33 bits per heavy atom. The second-order valence-electron chi connectivity index (χ2n) is 6.23. The van der Waals surface area contributed by atoms with E-state index in [1.54, 1.807) is 0 Å². The lowest BCUT2D eigenvalue weighted by atomic mass is 9.88. The molecule has 0 bridgehead atoms. The fourth-order valence-electron chi connectivity index (χ4n) is 2.55. The van der Waals surface area contributed by atoms with Crippen molar-refractivity contribution in [2.75, 3.05) is 18.0 Å². The van der Waals surface area contributed by atoms with Gasteiger partial charge in [-0.3, -0.25) is 0 Å². The van der Waals surface area contributed by atoms with Crippen molar-refractivity contribution < 1.29 is 0 Å². The van der Waals surface area contributed by atoms with Gasteiger partial charge in [-0.05, 0) is 36.3 Å². The number of anilines is 1. The summed E-state index contributed by atoms with van der Waals surface area (Å²) in [6.07, 6.45) is 5.74. The lowest BCUT2D eigenvalue weighted by molar-refractivity contribution is 0.461. The van der Waals surface area contributed by atoms with Crippen molar-refractivity contribution in [1.29, 1.82) is 0 Å². The van der Waals surface area contributed by atoms with Gasteiger partial charge in [-0.1, -0.05) is 26.8 Å². The van der Waals surface area contributed by atoms with E-state index >= 15 is 0 Å². The largest absolute Gasteiger partial charge is 0.352 e. The van der Waals surface area contributed by atoms with Crippen LogP contribution in [0.2, 0.25) is 0 Å². The minimum Gasteiger partial charge on any atom is -0.352 e. The molecule has 0 radical (unpaired) electrons. The SMILES string of the molecule is CC(C)(C)c1ccc(N2CCCCC2CN)nc1. The van der Waals surface area contributed by atoms with Gasteiger partial charge in [0, 0.05) is 25.3 Å². The molecule has 100 valence electrons. The molecule has 1 aliphatic heterocycles. The first-order valence-corrected chi connectivity index (χ1v) is 6.95. The van der Waals surface area contributed by atoms with E-state index in [2.05, 4.69) is 42.8 Å². The van der Waals surface area contributed by atoms with Gasteiger partial charge in [-0.2, -0.15) is 0 Å². The maximum Gasteiger partial charge on any atom is 0.128 e. The topological polar surface area (TPSA) is 42.1 Å². The number of piperidine rings is 1. The summed E-state index contributed by atoms with van der Waals surface area (Å²) in [7, 11) is 0. The molecule has 1 aromatic heterocycles. The van der Waals surface area contributed by atoms with E-state index in [-0.39, 0.29) is 5.41 Å². The van der Waals surface area contributed by atoms with Crippen molar-refractivity contribution >= 4 is 5.82 Å². The van der Waals surface area contributed by atoms with E-state index < -0.39 is 0 Å². The van der Waals surface area contributed by atoms with Gasteiger partial charge >= 0.3 is 0 Å². The van der Waals surface area contributed by atoms with Crippen LogP contribution in [-0.4, -0.2) is 24.1 Å². The number of hydrogen-bond acceptors (Lipinski definition) is 3. The average Bonchev–Trinajstić information content (AvgIpc) is 2.38. The zero-order valence-electron chi connectivity index (χ0n) is 11.8. The third kappa shape index (κ3) is 2.83. The van der Waals surface area contributed by atoms with E-state index in [1.165, 1.54) is 24.8 Å². The van der Waals surface area contributed by atoms with Crippen LogP contribution in [0.25, 0.3) is 0 Å². The highest BCUT2D eigenvalue weighted by Gasteiger charge is 2.22. The Hall–Kier alpha value is -1.09. The predicted molar refractivity (Wildman–Crippen MR) is 77.0 cm³/mol. The summed E-state index contributed by atoms with van der Waals surface area (Å²) in [5, 5.41) is 0. The zero-order valence-corrected chi connectivity index (χ0v) is 11.8. The van der Waals surface area contributed by atoms with Crippen LogP contribution in [0.15, 0.2) is 18.3 Å². The average molecular weight is 247 g/mol. The lowest BCUT2D eigenvalue weighted by Crippen LogP contribution is -2.44. The highest BCUT2D eigenvalue weighted by Crippen LogP contribution is 2.26. The molecule has 18 heavy (non-hydrogen) atoms. The van der Waals surface area contributed by atoms with Gasteiger partial charge < -0.3 is 10.6 Å². The molecule has 3 nitrogen and oxygen atoms in total. The van der Waals surface area contributed by atoms with Crippen LogP contribution in [0.3, 0.4) is 0 Å². The molecule has 0 amide bonds. The first-order valence-electron chi connectivity index (χ1n) is 6.95. The molecule has 0 spiro atoms. The molecule has 2 N–H and O–H groups in total. The summed E-state index contributed by atoms with van der Waals surface area (Å²) in [4.78, 5) is 7.01. The molecule has 1 atom stereocenters. The Bertz CT molecular complexity index is 378. The standard InChI is InChI=1S/C15H25N3/c1-15(2,3)12-7-8-14(17-11-12)18-9-5-4-6-13(18)10-16/h7-8,11,13H,4-6,9-10,16H2,1-3H3. The molecule has 1 saturated heterocycles. The van der Waals surface area contributed by atoms with Gasteiger partial charge in [-0.15, -0.1) is 0 Å². The Kier molecular flexibility index (Phi) is 3.91. The second kappa shape index (κ2) is 5.27. The monoisotopic (exact) mass is 247 g/mol. The van der Waals surface area contributed by atoms with Crippen LogP contribution in [0.4, 0.5) is 5.82 Å². The van der Waals surface area contributed by atoms with Gasteiger partial charge in [0.2, 0.25) is 0 Å². The van der Waals surface area contributed by atoms with Crippen molar-refractivity contribution in [3.63, 3.8) is 0 Å². The number of nitrogens with two attached hydrogens (primary N) is 1. The van der Waals surface area contributed by atoms with Crippen LogP contribution >= 0.6 is 0 Å². The minimum atomic E-state index is 0.167. The smallest absolute Gasteiger partial charge is 0.128 e. The zero-order chi connectivity index (χ0) is 13.2. The molecule has 1 fully saturated rings. The van der Waals surface area contributed by atoms with Crippen molar-refractivity contribution in [3.8, 4) is 0 Å². The summed E-state index contributed by atoms with van der Waals surface area (Å²) < 4.78 is 0. The van der Waals surface area contributed by atoms with E-state index in [0.717, 1.165) is 18.9 Å². The maximum atomic E-state index is 5.86. The lowest BCUT2D eigenvalue weighted by Gasteiger charge is -2.36. The summed E-state index contributed by atoms with van der Waals surface area (Å²) in [6, 6.07) is 4.81. The Morgan fingerprint density at radius 3 is 2.67 bits per heavy atom. The van der Waals surface area contributed by atoms with E-state index in [4.69, 9.17) is 5.73 Å². The van der Waals surface area contributed by atoms with Gasteiger partial charge in [0.05, 0.1) is 0 Å². The molecular formula is C15H25N3. The molecular weight excluding hydrogens is 222 g/mol. The highest BCUT2D eigenvalue weighted by atomic mass is 15.2. The van der Waals surface area contributed by atoms with Crippen LogP contribution in [-0.2, 0) is 5.41 Å². The first-order chi connectivity index (χ1) is 8.52. The highest BCUT2D eigenvalue weighted by molar-refractivity contribution is 5.42. The molecule has 1 aromatic rings. The summed E-state index contributed by atoms with van der Waals surface area (Å²) >= 11 is 0. The molecule has 1 aliphatic rings. The second-order valence-corrected chi connectivity index (χ2v) is 6.23. The van der Waals surface area contributed by atoms with Gasteiger partial charge in [-0.25, -0.2) is 4.98 Å². The third-order valence-corrected chi connectivity index (χ3v) is 3.81. The Balaban J connectivity index is 2.18. The van der Waals surface area contributed by atoms with Crippen molar-refractivity contribution in [2.45, 2.75) is 51.5 Å². The molecule has 0 aliphatic carbocycles. The summed E-state index contributed by atoms with van der Waals surface area (Å²) in [5.74, 6) is 1.08. The van der Waals surface area contributed by atoms with Crippen molar-refractivity contribution in [1.82, 2.24) is 4.98 Å². The molecule has 2 heterocycles. The number of hydrogen-bond donors (Lipinski definition) is 1. The van der Waals surface area contributed by atoms with Crippen LogP contribution in [0, 0.1) is 0 Å². The van der Waals surface area contributed by atoms with E-state index in [1.807, 2.05) is 6.20 Å². The van der Waals surface area contributed by atoms with Crippen LogP contribution in [0.1, 0.15) is 45.6 Å². The van der Waals surface area contributed by atoms with Crippen molar-refractivity contribution in [3.05, 3.63) is 23.9 Å². The van der Waals surface area contributed by atoms with Gasteiger partial charge in [0.25, 0.3) is 0 Å². The molecule has 0 saturated carbocycles. The summed E-state index contributed by atoms with van der Waals surface area (Å²) in [5.41, 5.74) is 7.31. The van der Waals surface area contributed by atoms with Crippen LogP contribution in [0.5, 0.6) is 0 Å². The van der Waals surface area contributed by atoms with Crippen molar-refractivity contribution in [2.24, 2.45) is 5.73 Å². The Morgan fingerprint density at radius 2 is 2.11 bits per heavy atom. The molecule has 3 heteroatoms. The minimum absolute atomic E-state index is 0.167. The number of pyridine rings is 1. The molecule has 2 rings (SSSR count). The predicted octanol–water partition coefficient (Wildman–Crippen LogP) is 2.70. The van der Waals surface area contributed by atoms with Gasteiger partial charge in [0.1, 0.15) is 5.82 Å².